The van der Waals surface area contributed by atoms with Crippen LogP contribution in [0.5, 0.6) is 0 Å². The second-order valence-electron chi connectivity index (χ2n) is 5.68. The van der Waals surface area contributed by atoms with Crippen LogP contribution in [-0.2, 0) is 0 Å². The van der Waals surface area contributed by atoms with Crippen molar-refractivity contribution in [2.75, 3.05) is 13.1 Å². The van der Waals surface area contributed by atoms with Crippen LogP contribution in [0.4, 0.5) is 0 Å². The Labute approximate surface area is 81.5 Å². The maximum Gasteiger partial charge on any atom is 0.0216 e. The van der Waals surface area contributed by atoms with Crippen LogP contribution in [0.25, 0.3) is 0 Å². The van der Waals surface area contributed by atoms with Gasteiger partial charge in [0.05, 0.1) is 0 Å². The van der Waals surface area contributed by atoms with Gasteiger partial charge in [-0.1, -0.05) is 13.3 Å². The molecular formula is C12H21N. The number of rotatable bonds is 2. The third-order valence-electron chi connectivity index (χ3n) is 4.64. The molecule has 0 aromatic heterocycles. The third-order valence-corrected chi connectivity index (χ3v) is 4.64. The van der Waals surface area contributed by atoms with Gasteiger partial charge < -0.3 is 0 Å². The molecule has 1 heteroatoms. The highest BCUT2D eigenvalue weighted by molar-refractivity contribution is 5.13. The molecule has 1 atom stereocenters. The number of hydrogen-bond donors (Lipinski definition) is 0. The zero-order chi connectivity index (χ0) is 8.94. The zero-order valence-corrected chi connectivity index (χ0v) is 8.81. The van der Waals surface area contributed by atoms with Crippen LogP contribution >= 0.6 is 0 Å². The van der Waals surface area contributed by atoms with E-state index < -0.39 is 0 Å². The van der Waals surface area contributed by atoms with Crippen molar-refractivity contribution < 1.29 is 0 Å². The van der Waals surface area contributed by atoms with Gasteiger partial charge in [-0.15, -0.1) is 0 Å². The van der Waals surface area contributed by atoms with Crippen LogP contribution in [0.3, 0.4) is 0 Å². The monoisotopic (exact) mass is 179 g/mol. The summed E-state index contributed by atoms with van der Waals surface area (Å²) >= 11 is 0. The van der Waals surface area contributed by atoms with E-state index in [1.165, 1.54) is 51.6 Å². The van der Waals surface area contributed by atoms with Crippen molar-refractivity contribution in [3.63, 3.8) is 0 Å². The molecule has 74 valence electrons. The largest absolute Gasteiger partial charge is 0.297 e. The second kappa shape index (κ2) is 2.50. The summed E-state index contributed by atoms with van der Waals surface area (Å²) in [5.74, 6) is 0. The molecule has 1 nitrogen and oxygen atoms in total. The van der Waals surface area contributed by atoms with Gasteiger partial charge in [0.1, 0.15) is 0 Å². The van der Waals surface area contributed by atoms with E-state index in [1.54, 1.807) is 6.42 Å². The molecule has 2 heterocycles. The molecule has 3 aliphatic rings. The van der Waals surface area contributed by atoms with Gasteiger partial charge >= 0.3 is 0 Å². The molecule has 2 aliphatic heterocycles. The average molecular weight is 179 g/mol. The number of nitrogens with zero attached hydrogens (tertiary/aromatic N) is 1. The fourth-order valence-corrected chi connectivity index (χ4v) is 3.95. The molecule has 0 radical (unpaired) electrons. The van der Waals surface area contributed by atoms with Gasteiger partial charge in [-0.05, 0) is 50.5 Å². The molecule has 2 saturated heterocycles. The van der Waals surface area contributed by atoms with Gasteiger partial charge in [-0.3, -0.25) is 4.90 Å². The summed E-state index contributed by atoms with van der Waals surface area (Å²) in [6.07, 6.45) is 10.4. The van der Waals surface area contributed by atoms with Crippen molar-refractivity contribution in [2.24, 2.45) is 5.41 Å². The van der Waals surface area contributed by atoms with Crippen molar-refractivity contribution >= 4 is 0 Å². The van der Waals surface area contributed by atoms with Gasteiger partial charge in [0.2, 0.25) is 0 Å². The van der Waals surface area contributed by atoms with E-state index >= 15 is 0 Å². The SMILES string of the molecule is CCCC12CCCN1CC1(CC1)C2. The summed E-state index contributed by atoms with van der Waals surface area (Å²) in [5.41, 5.74) is 1.51. The highest BCUT2D eigenvalue weighted by Crippen LogP contribution is 2.61. The summed E-state index contributed by atoms with van der Waals surface area (Å²) in [7, 11) is 0. The molecule has 1 spiro atoms. The molecule has 13 heavy (non-hydrogen) atoms. The Morgan fingerprint density at radius 3 is 2.77 bits per heavy atom. The predicted molar refractivity (Wildman–Crippen MR) is 54.7 cm³/mol. The molecule has 0 aromatic rings. The van der Waals surface area contributed by atoms with E-state index in [9.17, 15) is 0 Å². The summed E-state index contributed by atoms with van der Waals surface area (Å²) in [4.78, 5) is 2.84. The lowest BCUT2D eigenvalue weighted by atomic mass is 9.85. The summed E-state index contributed by atoms with van der Waals surface area (Å²) in [6, 6.07) is 0. The van der Waals surface area contributed by atoms with Crippen LogP contribution in [0.1, 0.15) is 51.9 Å². The molecule has 0 aromatic carbocycles. The molecule has 3 fully saturated rings. The van der Waals surface area contributed by atoms with Crippen LogP contribution in [0.2, 0.25) is 0 Å². The van der Waals surface area contributed by atoms with Gasteiger partial charge in [-0.2, -0.15) is 0 Å². The lowest BCUT2D eigenvalue weighted by Crippen LogP contribution is -2.37. The van der Waals surface area contributed by atoms with E-state index in [0.29, 0.717) is 5.54 Å². The molecule has 3 rings (SSSR count). The van der Waals surface area contributed by atoms with Crippen molar-refractivity contribution in [3.8, 4) is 0 Å². The maximum absolute atomic E-state index is 2.84. The lowest BCUT2D eigenvalue weighted by molar-refractivity contribution is 0.181. The fraction of sp³-hybridized carbons (Fsp3) is 1.00. The first-order chi connectivity index (χ1) is 6.29. The smallest absolute Gasteiger partial charge is 0.0216 e. The van der Waals surface area contributed by atoms with Crippen LogP contribution in [0, 0.1) is 5.41 Å². The Balaban J connectivity index is 1.82. The first-order valence-electron chi connectivity index (χ1n) is 6.04. The van der Waals surface area contributed by atoms with E-state index in [4.69, 9.17) is 0 Å². The molecule has 0 N–H and O–H groups in total. The van der Waals surface area contributed by atoms with Gasteiger partial charge in [0.15, 0.2) is 0 Å². The first-order valence-corrected chi connectivity index (χ1v) is 6.04. The lowest BCUT2D eigenvalue weighted by Gasteiger charge is -2.31. The Kier molecular flexibility index (Phi) is 1.59. The molecule has 0 bridgehead atoms. The van der Waals surface area contributed by atoms with E-state index in [2.05, 4.69) is 11.8 Å². The normalized spacial score (nSPS) is 41.3. The van der Waals surface area contributed by atoms with Crippen molar-refractivity contribution in [1.29, 1.82) is 0 Å². The fourth-order valence-electron chi connectivity index (χ4n) is 3.95. The number of fused-ring (bicyclic) bond motifs is 1. The van der Waals surface area contributed by atoms with Gasteiger partial charge in [0, 0.05) is 12.1 Å². The Bertz CT molecular complexity index is 219. The van der Waals surface area contributed by atoms with Crippen molar-refractivity contribution in [1.82, 2.24) is 4.90 Å². The van der Waals surface area contributed by atoms with E-state index in [-0.39, 0.29) is 0 Å². The number of hydrogen-bond acceptors (Lipinski definition) is 1. The van der Waals surface area contributed by atoms with Gasteiger partial charge in [0.25, 0.3) is 0 Å². The molecule has 1 saturated carbocycles. The predicted octanol–water partition coefficient (Wildman–Crippen LogP) is 2.81. The summed E-state index contributed by atoms with van der Waals surface area (Å²) < 4.78 is 0. The second-order valence-corrected chi connectivity index (χ2v) is 5.68. The Morgan fingerprint density at radius 2 is 2.08 bits per heavy atom. The topological polar surface area (TPSA) is 3.24 Å². The van der Waals surface area contributed by atoms with Crippen molar-refractivity contribution in [3.05, 3.63) is 0 Å². The molecule has 1 unspecified atom stereocenters. The van der Waals surface area contributed by atoms with E-state index in [1.807, 2.05) is 0 Å². The van der Waals surface area contributed by atoms with Crippen molar-refractivity contribution in [2.45, 2.75) is 57.4 Å². The average Bonchev–Trinajstić information content (AvgIpc) is 2.60. The van der Waals surface area contributed by atoms with Crippen LogP contribution < -0.4 is 0 Å². The van der Waals surface area contributed by atoms with Crippen LogP contribution in [0.15, 0.2) is 0 Å². The molecule has 1 aliphatic carbocycles. The quantitative estimate of drug-likeness (QED) is 0.630. The highest BCUT2D eigenvalue weighted by atomic mass is 15.3. The minimum atomic E-state index is 0.686. The minimum absolute atomic E-state index is 0.686. The molecule has 0 amide bonds. The molecular weight excluding hydrogens is 158 g/mol. The van der Waals surface area contributed by atoms with Crippen LogP contribution in [-0.4, -0.2) is 23.5 Å². The maximum atomic E-state index is 2.84. The highest BCUT2D eigenvalue weighted by Gasteiger charge is 2.59. The third kappa shape index (κ3) is 1.09. The standard InChI is InChI=1S/C12H21N/c1-2-4-12-5-3-8-13(12)10-11(9-12)6-7-11/h2-10H2,1H3. The summed E-state index contributed by atoms with van der Waals surface area (Å²) in [5, 5.41) is 0. The summed E-state index contributed by atoms with van der Waals surface area (Å²) in [6.45, 7) is 5.21. The van der Waals surface area contributed by atoms with E-state index in [0.717, 1.165) is 5.41 Å². The van der Waals surface area contributed by atoms with Gasteiger partial charge in [-0.25, -0.2) is 0 Å². The first kappa shape index (κ1) is 8.28. The minimum Gasteiger partial charge on any atom is -0.297 e. The Morgan fingerprint density at radius 1 is 1.23 bits per heavy atom. The zero-order valence-electron chi connectivity index (χ0n) is 8.81. The Hall–Kier alpha value is -0.0400.